The van der Waals surface area contributed by atoms with Gasteiger partial charge in [0.2, 0.25) is 0 Å². The molecule has 0 saturated carbocycles. The molecule has 4 heteroatoms. The summed E-state index contributed by atoms with van der Waals surface area (Å²) in [6, 6.07) is 1.75. The Morgan fingerprint density at radius 3 is 2.64 bits per heavy atom. The Kier molecular flexibility index (Phi) is 3.51. The molecule has 0 atom stereocenters. The van der Waals surface area contributed by atoms with Crippen LogP contribution in [-0.2, 0) is 16.4 Å². The quantitative estimate of drug-likeness (QED) is 0.368. The van der Waals surface area contributed by atoms with Crippen LogP contribution in [0.1, 0.15) is 12.7 Å². The number of aromatic nitrogens is 2. The van der Waals surface area contributed by atoms with E-state index in [9.17, 15) is 0 Å². The average molecular weight is 154 g/mol. The van der Waals surface area contributed by atoms with Crippen LogP contribution in [0.5, 0.6) is 0 Å². The average Bonchev–Trinajstić information content (AvgIpc) is 2.07. The molecule has 60 valence electrons. The summed E-state index contributed by atoms with van der Waals surface area (Å²) in [7, 11) is 0. The highest BCUT2D eigenvalue weighted by atomic mass is 17.2. The largest absolute Gasteiger partial charge is 0.239 e. The minimum absolute atomic E-state index is 0.300. The van der Waals surface area contributed by atoms with Gasteiger partial charge in [0.05, 0.1) is 6.61 Å². The van der Waals surface area contributed by atoms with Crippen LogP contribution >= 0.6 is 0 Å². The lowest BCUT2D eigenvalue weighted by atomic mass is 10.6. The Morgan fingerprint density at radius 2 is 2.00 bits per heavy atom. The van der Waals surface area contributed by atoms with Crippen LogP contribution in [0.4, 0.5) is 0 Å². The maximum absolute atomic E-state index is 4.74. The highest BCUT2D eigenvalue weighted by Crippen LogP contribution is 1.90. The van der Waals surface area contributed by atoms with Crippen molar-refractivity contribution in [3.05, 3.63) is 24.3 Å². The third-order valence-corrected chi connectivity index (χ3v) is 1.01. The van der Waals surface area contributed by atoms with E-state index in [4.69, 9.17) is 4.89 Å². The molecule has 0 aliphatic carbocycles. The number of hydrogen-bond acceptors (Lipinski definition) is 4. The number of nitrogens with zero attached hydrogens (tertiary/aromatic N) is 2. The van der Waals surface area contributed by atoms with E-state index < -0.39 is 0 Å². The first-order valence-electron chi connectivity index (χ1n) is 3.43. The van der Waals surface area contributed by atoms with E-state index in [0.717, 1.165) is 0 Å². The molecule has 0 bridgehead atoms. The van der Waals surface area contributed by atoms with Gasteiger partial charge in [0.25, 0.3) is 0 Å². The first kappa shape index (κ1) is 8.10. The second-order valence-corrected chi connectivity index (χ2v) is 1.83. The fraction of sp³-hybridized carbons (Fsp3) is 0.429. The van der Waals surface area contributed by atoms with Crippen molar-refractivity contribution < 1.29 is 9.78 Å². The molecule has 0 saturated heterocycles. The summed E-state index contributed by atoms with van der Waals surface area (Å²) in [5.41, 5.74) is 0. The number of rotatable bonds is 4. The van der Waals surface area contributed by atoms with Crippen LogP contribution in [0, 0.1) is 0 Å². The minimum atomic E-state index is 0.300. The molecule has 0 radical (unpaired) electrons. The molecule has 1 rings (SSSR count). The topological polar surface area (TPSA) is 44.2 Å². The van der Waals surface area contributed by atoms with E-state index in [1.54, 1.807) is 18.5 Å². The predicted molar refractivity (Wildman–Crippen MR) is 38.4 cm³/mol. The van der Waals surface area contributed by atoms with E-state index in [1.807, 2.05) is 6.92 Å². The van der Waals surface area contributed by atoms with Crippen LogP contribution < -0.4 is 0 Å². The lowest BCUT2D eigenvalue weighted by molar-refractivity contribution is -0.301. The van der Waals surface area contributed by atoms with Crippen LogP contribution in [0.25, 0.3) is 0 Å². The van der Waals surface area contributed by atoms with Gasteiger partial charge >= 0.3 is 0 Å². The molecule has 0 spiro atoms. The normalized spacial score (nSPS) is 9.91. The van der Waals surface area contributed by atoms with E-state index >= 15 is 0 Å². The third-order valence-electron chi connectivity index (χ3n) is 1.01. The Bertz CT molecular complexity index is 191. The summed E-state index contributed by atoms with van der Waals surface area (Å²) in [5, 5.41) is 0. The third kappa shape index (κ3) is 3.06. The second-order valence-electron chi connectivity index (χ2n) is 1.83. The zero-order valence-corrected chi connectivity index (χ0v) is 6.36. The molecule has 0 aliphatic rings. The standard InChI is InChI=1S/C7H10N2O2/c1-2-10-11-6-7-8-4-3-5-9-7/h3-5H,2,6H2,1H3. The molecule has 1 aromatic heterocycles. The molecular formula is C7H10N2O2. The van der Waals surface area contributed by atoms with E-state index in [0.29, 0.717) is 19.0 Å². The van der Waals surface area contributed by atoms with Crippen molar-refractivity contribution in [3.63, 3.8) is 0 Å². The van der Waals surface area contributed by atoms with Crippen molar-refractivity contribution in [2.75, 3.05) is 6.61 Å². The Hall–Kier alpha value is -1.00. The van der Waals surface area contributed by atoms with Gasteiger partial charge in [0, 0.05) is 12.4 Å². The smallest absolute Gasteiger partial charge is 0.157 e. The van der Waals surface area contributed by atoms with Crippen molar-refractivity contribution in [2.45, 2.75) is 13.5 Å². The molecular weight excluding hydrogens is 144 g/mol. The predicted octanol–water partition coefficient (Wildman–Crippen LogP) is 0.945. The van der Waals surface area contributed by atoms with Crippen LogP contribution in [0.15, 0.2) is 18.5 Å². The van der Waals surface area contributed by atoms with Crippen LogP contribution in [0.2, 0.25) is 0 Å². The zero-order valence-electron chi connectivity index (χ0n) is 6.36. The molecule has 4 nitrogen and oxygen atoms in total. The summed E-state index contributed by atoms with van der Waals surface area (Å²) >= 11 is 0. The van der Waals surface area contributed by atoms with E-state index in [2.05, 4.69) is 14.9 Å². The Balaban J connectivity index is 2.28. The van der Waals surface area contributed by atoms with Crippen molar-refractivity contribution in [3.8, 4) is 0 Å². The minimum Gasteiger partial charge on any atom is -0.239 e. The van der Waals surface area contributed by atoms with Gasteiger partial charge in [-0.05, 0) is 13.0 Å². The number of hydrogen-bond donors (Lipinski definition) is 0. The van der Waals surface area contributed by atoms with Crippen molar-refractivity contribution in [2.24, 2.45) is 0 Å². The van der Waals surface area contributed by atoms with Gasteiger partial charge in [-0.1, -0.05) is 0 Å². The molecule has 1 heterocycles. The maximum atomic E-state index is 4.74. The summed E-state index contributed by atoms with van der Waals surface area (Å²) in [4.78, 5) is 17.3. The molecule has 0 unspecified atom stereocenters. The summed E-state index contributed by atoms with van der Waals surface area (Å²) < 4.78 is 0. The summed E-state index contributed by atoms with van der Waals surface area (Å²) in [6.45, 7) is 2.69. The molecule has 0 N–H and O–H groups in total. The highest BCUT2D eigenvalue weighted by molar-refractivity contribution is 4.85. The van der Waals surface area contributed by atoms with Crippen molar-refractivity contribution >= 4 is 0 Å². The fourth-order valence-electron chi connectivity index (χ4n) is 0.582. The SMILES string of the molecule is CCOOCc1ncccn1. The molecule has 0 aromatic carbocycles. The first-order valence-corrected chi connectivity index (χ1v) is 3.43. The van der Waals surface area contributed by atoms with Gasteiger partial charge in [-0.25, -0.2) is 19.7 Å². The van der Waals surface area contributed by atoms with E-state index in [-0.39, 0.29) is 0 Å². The monoisotopic (exact) mass is 154 g/mol. The molecule has 1 aromatic rings. The van der Waals surface area contributed by atoms with Gasteiger partial charge < -0.3 is 0 Å². The first-order chi connectivity index (χ1) is 5.43. The highest BCUT2D eigenvalue weighted by Gasteiger charge is 1.92. The Labute approximate surface area is 65.1 Å². The lowest BCUT2D eigenvalue weighted by Crippen LogP contribution is -1.98. The van der Waals surface area contributed by atoms with E-state index in [1.165, 1.54) is 0 Å². The summed E-state index contributed by atoms with van der Waals surface area (Å²) in [5.74, 6) is 0.626. The second kappa shape index (κ2) is 4.76. The molecule has 0 amide bonds. The molecule has 0 fully saturated rings. The maximum Gasteiger partial charge on any atom is 0.157 e. The van der Waals surface area contributed by atoms with Gasteiger partial charge in [-0.15, -0.1) is 0 Å². The Morgan fingerprint density at radius 1 is 1.27 bits per heavy atom. The van der Waals surface area contributed by atoms with Gasteiger partial charge in [0.1, 0.15) is 6.61 Å². The van der Waals surface area contributed by atoms with Crippen LogP contribution in [-0.4, -0.2) is 16.6 Å². The van der Waals surface area contributed by atoms with Gasteiger partial charge in [0.15, 0.2) is 5.82 Å². The summed E-state index contributed by atoms with van der Waals surface area (Å²) in [6.07, 6.45) is 3.33. The van der Waals surface area contributed by atoms with Gasteiger partial charge in [-0.2, -0.15) is 0 Å². The van der Waals surface area contributed by atoms with Gasteiger partial charge in [-0.3, -0.25) is 0 Å². The zero-order chi connectivity index (χ0) is 7.94. The molecule has 11 heavy (non-hydrogen) atoms. The lowest BCUT2D eigenvalue weighted by Gasteiger charge is -1.98. The molecule has 0 aliphatic heterocycles. The fourth-order valence-corrected chi connectivity index (χ4v) is 0.582. The van der Waals surface area contributed by atoms with Crippen molar-refractivity contribution in [1.82, 2.24) is 9.97 Å². The van der Waals surface area contributed by atoms with Crippen LogP contribution in [0.3, 0.4) is 0 Å². The van der Waals surface area contributed by atoms with Crippen molar-refractivity contribution in [1.29, 1.82) is 0 Å².